The zero-order valence-corrected chi connectivity index (χ0v) is 62.1. The number of carboxylic acid groups (broad SMARTS) is 1. The van der Waals surface area contributed by atoms with Crippen LogP contribution in [0.3, 0.4) is 0 Å². The normalized spacial score (nSPS) is 13.9. The Kier molecular flexibility index (Phi) is 70.9. The van der Waals surface area contributed by atoms with E-state index in [1.807, 2.05) is 21.1 Å². The summed E-state index contributed by atoms with van der Waals surface area (Å²) >= 11 is 0. The molecule has 0 bridgehead atoms. The maximum absolute atomic E-state index is 13.0. The van der Waals surface area contributed by atoms with Crippen molar-refractivity contribution < 1.29 is 42.9 Å². The van der Waals surface area contributed by atoms with Gasteiger partial charge in [-0.05, 0) is 148 Å². The minimum Gasteiger partial charge on any atom is -0.477 e. The Hall–Kier alpha value is -6.13. The van der Waals surface area contributed by atoms with Gasteiger partial charge in [-0.3, -0.25) is 9.59 Å². The van der Waals surface area contributed by atoms with Gasteiger partial charge < -0.3 is 28.5 Å². The Bertz CT molecular complexity index is 2350. The van der Waals surface area contributed by atoms with Gasteiger partial charge in [0.15, 0.2) is 6.10 Å². The van der Waals surface area contributed by atoms with Gasteiger partial charge in [-0.25, -0.2) is 4.79 Å². The van der Waals surface area contributed by atoms with Crippen molar-refractivity contribution in [3.8, 4) is 0 Å². The number of nitrogens with zero attached hydrogens (tertiary/aromatic N) is 1. The lowest BCUT2D eigenvalue weighted by Gasteiger charge is -2.25. The lowest BCUT2D eigenvalue weighted by molar-refractivity contribution is -0.870. The molecular weight excluding hydrogens is 1200 g/mol. The molecule has 2 unspecified atom stereocenters. The second-order valence-corrected chi connectivity index (χ2v) is 25.8. The highest BCUT2D eigenvalue weighted by Gasteiger charge is 2.25. The summed E-state index contributed by atoms with van der Waals surface area (Å²) in [5.41, 5.74) is 0. The summed E-state index contributed by atoms with van der Waals surface area (Å²) in [6.45, 7) is 4.62. The number of carbonyl (C=O) groups is 3. The van der Waals surface area contributed by atoms with Crippen LogP contribution in [-0.2, 0) is 33.3 Å². The van der Waals surface area contributed by atoms with Gasteiger partial charge in [0.05, 0.1) is 34.4 Å². The van der Waals surface area contributed by atoms with Gasteiger partial charge in [-0.2, -0.15) is 0 Å². The first kappa shape index (κ1) is 90.9. The van der Waals surface area contributed by atoms with Crippen LogP contribution >= 0.6 is 0 Å². The molecule has 97 heavy (non-hydrogen) atoms. The predicted octanol–water partition coefficient (Wildman–Crippen LogP) is 24.7. The minimum atomic E-state index is -1.53. The van der Waals surface area contributed by atoms with E-state index in [4.69, 9.17) is 18.9 Å². The Morgan fingerprint density at radius 1 is 0.309 bits per heavy atom. The topological polar surface area (TPSA) is 108 Å². The van der Waals surface area contributed by atoms with Gasteiger partial charge >= 0.3 is 17.9 Å². The second-order valence-electron chi connectivity index (χ2n) is 25.8. The molecule has 1 N–H and O–H groups in total. The van der Waals surface area contributed by atoms with Crippen LogP contribution < -0.4 is 0 Å². The van der Waals surface area contributed by atoms with Crippen molar-refractivity contribution in [3.63, 3.8) is 0 Å². The molecule has 0 aromatic carbocycles. The Labute approximate surface area is 594 Å². The minimum absolute atomic E-state index is 0.175. The fraction of sp³-hybridized carbons (Fsp3) is 0.580. The van der Waals surface area contributed by atoms with Crippen LogP contribution in [-0.4, -0.2) is 87.4 Å². The summed E-state index contributed by atoms with van der Waals surface area (Å²) in [4.78, 5) is 37.7. The SMILES string of the molecule is CC/C=C\C/C=C\C/C=C\C/C=C\C/C=C\C/C=C\C/C=C\C/C=C\C/C=C\CCCCCCCCCCCCCC(=O)OC(COC(=O)CCCCCCCCCC/C=C\C/C=C\C/C=C\C/C=C\C/C=C\C/C=C\C/C=C\C/C=C\CC)COC(OCC[N+](C)(C)C)C(=O)O. The number of rotatable bonds is 68. The van der Waals surface area contributed by atoms with Crippen molar-refractivity contribution in [3.05, 3.63) is 207 Å². The molecule has 0 radical (unpaired) electrons. The lowest BCUT2D eigenvalue weighted by Crippen LogP contribution is -2.40. The fourth-order valence-corrected chi connectivity index (χ4v) is 9.79. The molecular formula is C88H140NO8+. The monoisotopic (exact) mass is 1340 g/mol. The summed E-state index contributed by atoms with van der Waals surface area (Å²) in [7, 11) is 5.96. The maximum atomic E-state index is 13.0. The molecule has 0 aromatic heterocycles. The van der Waals surface area contributed by atoms with E-state index >= 15 is 0 Å². The summed E-state index contributed by atoms with van der Waals surface area (Å²) in [6, 6.07) is 0. The molecule has 0 aliphatic rings. The van der Waals surface area contributed by atoms with Crippen LogP contribution in [0.1, 0.15) is 271 Å². The highest BCUT2D eigenvalue weighted by atomic mass is 16.7. The van der Waals surface area contributed by atoms with Crippen molar-refractivity contribution in [1.29, 1.82) is 0 Å². The standard InChI is InChI=1S/C88H139NO8/c1-6-8-10-12-14-16-18-20-22-24-26-28-30-32-34-36-38-40-41-42-43-44-45-47-49-51-53-55-57-59-61-63-65-67-69-71-73-75-77-79-86(91)97-84(83-96-88(87(92)93)94-81-80-89(3,4)5)82-95-85(90)78-76-74-72-70-68-66-64-62-60-58-56-54-52-50-48-46-39-37-35-33-31-29-27-25-23-21-19-17-15-13-11-9-7-2/h8-11,14-17,20-23,26-29,32-35,38-40,42-43,45-47,50-53,56,58,84,88H,6-7,12-13,18-19,24-25,30-31,36-37,41,44,48-49,54-55,57,59-83H2,1-5H3/p+1/b10-8-,11-9-,16-14-,17-15-,22-20-,23-21-,28-26-,29-27-,34-32-,35-33-,40-38-,43-42-,46-39-,47-45-,52-50-,53-51-,58-56-. The van der Waals surface area contributed by atoms with Crippen LogP contribution in [0.15, 0.2) is 207 Å². The van der Waals surface area contributed by atoms with Crippen LogP contribution in [0, 0.1) is 0 Å². The molecule has 544 valence electrons. The number of carbonyl (C=O) groups excluding carboxylic acids is 2. The molecule has 0 saturated heterocycles. The largest absolute Gasteiger partial charge is 0.477 e. The molecule has 0 aliphatic carbocycles. The quantitative estimate of drug-likeness (QED) is 0.0211. The molecule has 0 fully saturated rings. The van der Waals surface area contributed by atoms with Crippen LogP contribution in [0.2, 0.25) is 0 Å². The summed E-state index contributed by atoms with van der Waals surface area (Å²) in [6.07, 6.45) is 115. The van der Waals surface area contributed by atoms with Crippen LogP contribution in [0.5, 0.6) is 0 Å². The van der Waals surface area contributed by atoms with Gasteiger partial charge in [0.25, 0.3) is 6.29 Å². The molecule has 0 heterocycles. The lowest BCUT2D eigenvalue weighted by atomic mass is 10.0. The highest BCUT2D eigenvalue weighted by molar-refractivity contribution is 5.71. The van der Waals surface area contributed by atoms with Gasteiger partial charge in [-0.1, -0.05) is 317 Å². The zero-order chi connectivity index (χ0) is 70.4. The van der Waals surface area contributed by atoms with E-state index in [-0.39, 0.29) is 38.6 Å². The number of ether oxygens (including phenoxy) is 4. The summed E-state index contributed by atoms with van der Waals surface area (Å²) < 4.78 is 23.0. The number of carboxylic acids is 1. The Morgan fingerprint density at radius 3 is 0.825 bits per heavy atom. The van der Waals surface area contributed by atoms with E-state index in [2.05, 4.69) is 220 Å². The Balaban J connectivity index is 4.18. The molecule has 0 amide bonds. The number of unbranched alkanes of at least 4 members (excludes halogenated alkanes) is 19. The second kappa shape index (κ2) is 75.6. The average Bonchev–Trinajstić information content (AvgIpc) is 2.39. The molecule has 0 aliphatic heterocycles. The first-order valence-corrected chi connectivity index (χ1v) is 38.2. The van der Waals surface area contributed by atoms with E-state index in [1.165, 1.54) is 70.6 Å². The number of quaternary nitrogens is 1. The first-order valence-electron chi connectivity index (χ1n) is 38.2. The third-order valence-corrected chi connectivity index (χ3v) is 15.5. The summed E-state index contributed by atoms with van der Waals surface area (Å²) in [5.74, 6) is -2.04. The number of hydrogen-bond acceptors (Lipinski definition) is 7. The smallest absolute Gasteiger partial charge is 0.361 e. The van der Waals surface area contributed by atoms with E-state index in [0.29, 0.717) is 17.4 Å². The van der Waals surface area contributed by atoms with Gasteiger partial charge in [0, 0.05) is 12.8 Å². The highest BCUT2D eigenvalue weighted by Crippen LogP contribution is 2.16. The number of allylic oxidation sites excluding steroid dienone is 34. The van der Waals surface area contributed by atoms with Gasteiger partial charge in [0.1, 0.15) is 13.2 Å². The molecule has 0 saturated carbocycles. The van der Waals surface area contributed by atoms with Crippen molar-refractivity contribution in [1.82, 2.24) is 0 Å². The summed E-state index contributed by atoms with van der Waals surface area (Å²) in [5, 5.41) is 9.77. The number of hydrogen-bond donors (Lipinski definition) is 1. The van der Waals surface area contributed by atoms with Crippen molar-refractivity contribution in [2.75, 3.05) is 47.5 Å². The van der Waals surface area contributed by atoms with Crippen LogP contribution in [0.4, 0.5) is 0 Å². The van der Waals surface area contributed by atoms with E-state index in [1.54, 1.807) is 0 Å². The molecule has 9 nitrogen and oxygen atoms in total. The fourth-order valence-electron chi connectivity index (χ4n) is 9.79. The maximum Gasteiger partial charge on any atom is 0.361 e. The van der Waals surface area contributed by atoms with Crippen LogP contribution in [0.25, 0.3) is 0 Å². The van der Waals surface area contributed by atoms with Crippen molar-refractivity contribution >= 4 is 17.9 Å². The molecule has 0 rings (SSSR count). The molecule has 9 heteroatoms. The van der Waals surface area contributed by atoms with Gasteiger partial charge in [-0.15, -0.1) is 0 Å². The van der Waals surface area contributed by atoms with Gasteiger partial charge in [0.2, 0.25) is 0 Å². The van der Waals surface area contributed by atoms with Crippen molar-refractivity contribution in [2.24, 2.45) is 0 Å². The third kappa shape index (κ3) is 77.1. The molecule has 0 aromatic rings. The molecule has 2 atom stereocenters. The third-order valence-electron chi connectivity index (χ3n) is 15.5. The average molecular weight is 1340 g/mol. The first-order chi connectivity index (χ1) is 47.6. The predicted molar refractivity (Wildman–Crippen MR) is 418 cm³/mol. The number of esters is 2. The van der Waals surface area contributed by atoms with E-state index in [0.717, 1.165) is 167 Å². The number of aliphatic carboxylic acids is 1. The van der Waals surface area contributed by atoms with E-state index < -0.39 is 24.3 Å². The Morgan fingerprint density at radius 2 is 0.557 bits per heavy atom. The van der Waals surface area contributed by atoms with Crippen molar-refractivity contribution in [2.45, 2.75) is 283 Å². The van der Waals surface area contributed by atoms with E-state index in [9.17, 15) is 19.5 Å². The number of likely N-dealkylation sites (N-methyl/N-ethyl adjacent to an activating group) is 1. The molecule has 0 spiro atoms. The zero-order valence-electron chi connectivity index (χ0n) is 62.1.